The average Bonchev–Trinajstić information content (AvgIpc) is 3.13. The van der Waals surface area contributed by atoms with E-state index in [0.29, 0.717) is 0 Å². The van der Waals surface area contributed by atoms with Gasteiger partial charge in [-0.3, -0.25) is 9.28 Å². The summed E-state index contributed by atoms with van der Waals surface area (Å²) in [6.45, 7) is 9.81. The Morgan fingerprint density at radius 3 is 2.07 bits per heavy atom. The van der Waals surface area contributed by atoms with Gasteiger partial charge in [-0.1, -0.05) is 90.0 Å². The molecule has 1 aliphatic heterocycles. The van der Waals surface area contributed by atoms with Gasteiger partial charge in [0.25, 0.3) is 0 Å². The van der Waals surface area contributed by atoms with E-state index in [-0.39, 0.29) is 12.1 Å². The molecular weight excluding hydrogens is 370 g/mol. The average molecular weight is 421 g/mol. The minimum Gasteiger partial charge on any atom is -0.351 e. The van der Waals surface area contributed by atoms with Crippen molar-refractivity contribution in [3.05, 3.63) is 12.2 Å². The minimum absolute atomic E-state index is 0.0545. The monoisotopic (exact) mass is 420 g/mol. The van der Waals surface area contributed by atoms with Crippen LogP contribution in [-0.4, -0.2) is 48.9 Å². The first-order valence-electron chi connectivity index (χ1n) is 12.9. The van der Waals surface area contributed by atoms with Gasteiger partial charge < -0.3 is 5.32 Å². The number of nitrogens with zero attached hydrogens (tertiary/aromatic N) is 2. The summed E-state index contributed by atoms with van der Waals surface area (Å²) in [6.07, 6.45) is 26.4. The zero-order valence-electron chi connectivity index (χ0n) is 20.3. The van der Waals surface area contributed by atoms with Crippen molar-refractivity contribution in [3.8, 4) is 0 Å². The summed E-state index contributed by atoms with van der Waals surface area (Å²) in [4.78, 5) is 15.9. The fourth-order valence-electron chi connectivity index (χ4n) is 4.45. The molecule has 0 aliphatic carbocycles. The standard InChI is InChI=1S/C26H49N3O/c1-4-6-7-8-9-10-11-12-13-14-15-16-17-18-19-20-26-28-22-24-29(26,5-2)23-21-27-25(3)30/h19-20,22,26H,4-18,21,23-24H2,1-3H3/p+1/b20-19+. The van der Waals surface area contributed by atoms with Crippen LogP contribution in [-0.2, 0) is 4.79 Å². The number of nitrogens with one attached hydrogen (secondary N) is 1. The Balaban J connectivity index is 2.03. The summed E-state index contributed by atoms with van der Waals surface area (Å²) >= 11 is 0. The lowest BCUT2D eigenvalue weighted by molar-refractivity contribution is -0.928. The molecule has 1 heterocycles. The molecule has 0 saturated heterocycles. The Kier molecular flexibility index (Phi) is 15.7. The number of rotatable bonds is 19. The maximum Gasteiger partial charge on any atom is 0.217 e. The first-order valence-corrected chi connectivity index (χ1v) is 12.9. The van der Waals surface area contributed by atoms with Crippen molar-refractivity contribution >= 4 is 12.1 Å². The molecule has 4 heteroatoms. The fraction of sp³-hybridized carbons (Fsp3) is 0.846. The van der Waals surface area contributed by atoms with E-state index in [2.05, 4.69) is 37.5 Å². The van der Waals surface area contributed by atoms with Gasteiger partial charge in [0.05, 0.1) is 25.8 Å². The van der Waals surface area contributed by atoms with E-state index >= 15 is 0 Å². The van der Waals surface area contributed by atoms with Crippen LogP contribution in [0.3, 0.4) is 0 Å². The van der Waals surface area contributed by atoms with Crippen molar-refractivity contribution in [2.24, 2.45) is 4.99 Å². The molecule has 174 valence electrons. The van der Waals surface area contributed by atoms with Gasteiger partial charge >= 0.3 is 0 Å². The lowest BCUT2D eigenvalue weighted by atomic mass is 10.0. The second kappa shape index (κ2) is 17.5. The van der Waals surface area contributed by atoms with Crippen LogP contribution in [0, 0.1) is 0 Å². The molecule has 0 bridgehead atoms. The van der Waals surface area contributed by atoms with E-state index in [4.69, 9.17) is 4.99 Å². The highest BCUT2D eigenvalue weighted by molar-refractivity contribution is 5.72. The Morgan fingerprint density at radius 1 is 0.967 bits per heavy atom. The van der Waals surface area contributed by atoms with Crippen LogP contribution < -0.4 is 5.32 Å². The summed E-state index contributed by atoms with van der Waals surface area (Å²) < 4.78 is 0.940. The van der Waals surface area contributed by atoms with Crippen molar-refractivity contribution < 1.29 is 9.28 Å². The van der Waals surface area contributed by atoms with E-state index in [9.17, 15) is 4.79 Å². The van der Waals surface area contributed by atoms with Crippen LogP contribution >= 0.6 is 0 Å². The fourth-order valence-corrected chi connectivity index (χ4v) is 4.45. The number of allylic oxidation sites excluding steroid dienone is 1. The van der Waals surface area contributed by atoms with Crippen LogP contribution in [0.2, 0.25) is 0 Å². The molecule has 0 aromatic rings. The Hall–Kier alpha value is -1.16. The third-order valence-electron chi connectivity index (χ3n) is 6.61. The SMILES string of the molecule is CCCCCCCCCCCCCCC/C=C/C1N=CC[N+]1(CC)CCNC(C)=O. The van der Waals surface area contributed by atoms with E-state index < -0.39 is 0 Å². The summed E-state index contributed by atoms with van der Waals surface area (Å²) in [5.41, 5.74) is 0. The predicted octanol–water partition coefficient (Wildman–Crippen LogP) is 6.41. The Labute approximate surface area is 187 Å². The second-order valence-corrected chi connectivity index (χ2v) is 9.13. The van der Waals surface area contributed by atoms with Gasteiger partial charge in [-0.25, -0.2) is 4.99 Å². The lowest BCUT2D eigenvalue weighted by Gasteiger charge is -2.36. The smallest absolute Gasteiger partial charge is 0.217 e. The number of likely N-dealkylation sites (N-methyl/N-ethyl adjacent to an activating group) is 1. The molecule has 30 heavy (non-hydrogen) atoms. The van der Waals surface area contributed by atoms with E-state index in [1.54, 1.807) is 6.92 Å². The maximum atomic E-state index is 11.2. The van der Waals surface area contributed by atoms with Crippen molar-refractivity contribution in [2.75, 3.05) is 26.2 Å². The quantitative estimate of drug-likeness (QED) is 0.146. The van der Waals surface area contributed by atoms with Crippen LogP contribution in [0.25, 0.3) is 0 Å². The van der Waals surface area contributed by atoms with Gasteiger partial charge in [0, 0.05) is 6.92 Å². The van der Waals surface area contributed by atoms with Gasteiger partial charge in [0.2, 0.25) is 12.1 Å². The van der Waals surface area contributed by atoms with Crippen molar-refractivity contribution in [1.29, 1.82) is 0 Å². The molecular formula is C26H50N3O+. The number of carbonyl (C=O) groups is 1. The largest absolute Gasteiger partial charge is 0.351 e. The second-order valence-electron chi connectivity index (χ2n) is 9.13. The third kappa shape index (κ3) is 11.9. The van der Waals surface area contributed by atoms with Crippen molar-refractivity contribution in [3.63, 3.8) is 0 Å². The normalized spacial score (nSPS) is 21.0. The molecule has 4 nitrogen and oxygen atoms in total. The number of carbonyl (C=O) groups excluding carboxylic acids is 1. The van der Waals surface area contributed by atoms with Crippen molar-refractivity contribution in [2.45, 2.75) is 117 Å². The summed E-state index contributed by atoms with van der Waals surface area (Å²) in [7, 11) is 0. The summed E-state index contributed by atoms with van der Waals surface area (Å²) in [5, 5.41) is 2.94. The molecule has 1 amide bonds. The molecule has 1 aliphatic rings. The van der Waals surface area contributed by atoms with Gasteiger partial charge in [-0.15, -0.1) is 0 Å². The minimum atomic E-state index is 0.0545. The van der Waals surface area contributed by atoms with Crippen molar-refractivity contribution in [1.82, 2.24) is 5.32 Å². The van der Waals surface area contributed by atoms with Crippen LogP contribution in [0.4, 0.5) is 0 Å². The molecule has 1 N–H and O–H groups in total. The predicted molar refractivity (Wildman–Crippen MR) is 131 cm³/mol. The number of hydrogen-bond donors (Lipinski definition) is 1. The third-order valence-corrected chi connectivity index (χ3v) is 6.61. The maximum absolute atomic E-state index is 11.2. The van der Waals surface area contributed by atoms with E-state index in [1.165, 1.54) is 89.9 Å². The van der Waals surface area contributed by atoms with Gasteiger partial charge in [0.15, 0.2) is 0 Å². The number of aliphatic imine (C=N–C) groups is 1. The highest BCUT2D eigenvalue weighted by atomic mass is 16.1. The molecule has 0 radical (unpaired) electrons. The zero-order valence-corrected chi connectivity index (χ0v) is 20.3. The number of amides is 1. The number of hydrogen-bond acceptors (Lipinski definition) is 2. The zero-order chi connectivity index (χ0) is 21.9. The van der Waals surface area contributed by atoms with Crippen LogP contribution in [0.5, 0.6) is 0 Å². The Bertz CT molecular complexity index is 489. The highest BCUT2D eigenvalue weighted by Gasteiger charge is 2.35. The molecule has 0 fully saturated rings. The van der Waals surface area contributed by atoms with Gasteiger partial charge in [-0.05, 0) is 25.8 Å². The highest BCUT2D eigenvalue weighted by Crippen LogP contribution is 2.20. The number of unbranched alkanes of at least 4 members (excludes halogenated alkanes) is 13. The van der Waals surface area contributed by atoms with E-state index in [1.807, 2.05) is 0 Å². The lowest BCUT2D eigenvalue weighted by Crippen LogP contribution is -2.54. The summed E-state index contributed by atoms with van der Waals surface area (Å²) in [5.74, 6) is 0.0545. The molecule has 0 saturated carbocycles. The topological polar surface area (TPSA) is 41.5 Å². The molecule has 0 aromatic heterocycles. The molecule has 1 rings (SSSR count). The van der Waals surface area contributed by atoms with Crippen LogP contribution in [0.1, 0.15) is 111 Å². The Morgan fingerprint density at radius 2 is 1.53 bits per heavy atom. The first-order chi connectivity index (χ1) is 14.6. The number of quaternary nitrogens is 1. The van der Waals surface area contributed by atoms with Gasteiger partial charge in [-0.2, -0.15) is 0 Å². The van der Waals surface area contributed by atoms with E-state index in [0.717, 1.165) is 30.7 Å². The molecule has 2 unspecified atom stereocenters. The summed E-state index contributed by atoms with van der Waals surface area (Å²) in [6, 6.07) is 0. The molecule has 2 atom stereocenters. The molecule has 0 aromatic carbocycles. The molecule has 0 spiro atoms. The van der Waals surface area contributed by atoms with Gasteiger partial charge in [0.1, 0.15) is 6.54 Å². The first kappa shape index (κ1) is 26.9. The van der Waals surface area contributed by atoms with Crippen LogP contribution in [0.15, 0.2) is 17.1 Å².